The van der Waals surface area contributed by atoms with Gasteiger partial charge in [0.15, 0.2) is 0 Å². The second-order valence-electron chi connectivity index (χ2n) is 5.79. The highest BCUT2D eigenvalue weighted by atomic mass is 16.2. The van der Waals surface area contributed by atoms with Crippen LogP contribution >= 0.6 is 0 Å². The fourth-order valence-corrected chi connectivity index (χ4v) is 3.14. The molecule has 3 heteroatoms. The number of hydrogen-bond acceptors (Lipinski definition) is 2. The Morgan fingerprint density at radius 2 is 2.00 bits per heavy atom. The molecule has 3 nitrogen and oxygen atoms in total. The Kier molecular flexibility index (Phi) is 3.22. The normalized spacial score (nSPS) is 22.4. The molecule has 2 N–H and O–H groups in total. The number of carbonyl (C=O) groups excluding carboxylic acids is 1. The highest BCUT2D eigenvalue weighted by molar-refractivity contribution is 6.07. The molecule has 1 fully saturated rings. The van der Waals surface area contributed by atoms with E-state index in [1.165, 1.54) is 0 Å². The first-order valence-electron chi connectivity index (χ1n) is 7.15. The highest BCUT2D eigenvalue weighted by Crippen LogP contribution is 2.31. The van der Waals surface area contributed by atoms with E-state index in [0.29, 0.717) is 6.54 Å². The monoisotopic (exact) mass is 268 g/mol. The topological polar surface area (TPSA) is 46.3 Å². The van der Waals surface area contributed by atoms with Crippen LogP contribution in [0.2, 0.25) is 0 Å². The van der Waals surface area contributed by atoms with Crippen LogP contribution in [0.4, 0.5) is 0 Å². The van der Waals surface area contributed by atoms with E-state index in [0.717, 1.165) is 35.7 Å². The molecule has 1 atom stereocenters. The molecule has 0 radical (unpaired) electrons. The third kappa shape index (κ3) is 1.98. The lowest BCUT2D eigenvalue weighted by Gasteiger charge is -2.34. The SMILES string of the molecule is CC1(CN)CCCN1C(=O)c1cccc2ccccc12. The minimum atomic E-state index is -0.200. The van der Waals surface area contributed by atoms with Crippen LogP contribution in [-0.4, -0.2) is 29.4 Å². The van der Waals surface area contributed by atoms with Crippen molar-refractivity contribution >= 4 is 16.7 Å². The maximum absolute atomic E-state index is 12.9. The van der Waals surface area contributed by atoms with Crippen LogP contribution in [0.3, 0.4) is 0 Å². The van der Waals surface area contributed by atoms with Gasteiger partial charge in [0, 0.05) is 18.7 Å². The summed E-state index contributed by atoms with van der Waals surface area (Å²) in [5.41, 5.74) is 6.47. The first-order valence-corrected chi connectivity index (χ1v) is 7.15. The van der Waals surface area contributed by atoms with Gasteiger partial charge in [-0.1, -0.05) is 36.4 Å². The number of amides is 1. The van der Waals surface area contributed by atoms with Crippen molar-refractivity contribution in [2.24, 2.45) is 5.73 Å². The van der Waals surface area contributed by atoms with Crippen molar-refractivity contribution in [2.45, 2.75) is 25.3 Å². The average molecular weight is 268 g/mol. The third-order valence-corrected chi connectivity index (χ3v) is 4.45. The summed E-state index contributed by atoms with van der Waals surface area (Å²) in [5.74, 6) is 0.104. The summed E-state index contributed by atoms with van der Waals surface area (Å²) in [6.45, 7) is 3.41. The summed E-state index contributed by atoms with van der Waals surface area (Å²) >= 11 is 0. The maximum atomic E-state index is 12.9. The van der Waals surface area contributed by atoms with Gasteiger partial charge >= 0.3 is 0 Å². The Bertz CT molecular complexity index is 647. The van der Waals surface area contributed by atoms with Gasteiger partial charge in [0.1, 0.15) is 0 Å². The van der Waals surface area contributed by atoms with E-state index in [1.807, 2.05) is 47.4 Å². The molecule has 1 heterocycles. The summed E-state index contributed by atoms with van der Waals surface area (Å²) < 4.78 is 0. The molecule has 1 unspecified atom stereocenters. The number of rotatable bonds is 2. The van der Waals surface area contributed by atoms with Gasteiger partial charge in [0.25, 0.3) is 5.91 Å². The molecule has 2 aromatic carbocycles. The molecule has 104 valence electrons. The number of hydrogen-bond donors (Lipinski definition) is 1. The molecular formula is C17H20N2O. The third-order valence-electron chi connectivity index (χ3n) is 4.45. The maximum Gasteiger partial charge on any atom is 0.254 e. The molecule has 0 aliphatic carbocycles. The number of fused-ring (bicyclic) bond motifs is 1. The number of carbonyl (C=O) groups is 1. The average Bonchev–Trinajstić information content (AvgIpc) is 2.88. The lowest BCUT2D eigenvalue weighted by Crippen LogP contribution is -2.50. The first kappa shape index (κ1) is 13.1. The van der Waals surface area contributed by atoms with Gasteiger partial charge in [0.05, 0.1) is 5.54 Å². The van der Waals surface area contributed by atoms with E-state index >= 15 is 0 Å². The molecule has 0 saturated carbocycles. The molecule has 0 spiro atoms. The quantitative estimate of drug-likeness (QED) is 0.910. The van der Waals surface area contributed by atoms with Crippen LogP contribution in [-0.2, 0) is 0 Å². The van der Waals surface area contributed by atoms with Gasteiger partial charge in [-0.3, -0.25) is 4.79 Å². The van der Waals surface area contributed by atoms with Crippen LogP contribution in [0.1, 0.15) is 30.1 Å². The van der Waals surface area contributed by atoms with Gasteiger partial charge in [0.2, 0.25) is 0 Å². The summed E-state index contributed by atoms with van der Waals surface area (Å²) in [6.07, 6.45) is 2.02. The lowest BCUT2D eigenvalue weighted by molar-refractivity contribution is 0.0639. The number of benzene rings is 2. The summed E-state index contributed by atoms with van der Waals surface area (Å²) in [5, 5.41) is 2.12. The predicted molar refractivity (Wildman–Crippen MR) is 81.7 cm³/mol. The molecule has 3 rings (SSSR count). The lowest BCUT2D eigenvalue weighted by atomic mass is 9.97. The zero-order chi connectivity index (χ0) is 14.2. The molecule has 1 amide bonds. The summed E-state index contributed by atoms with van der Waals surface area (Å²) in [6, 6.07) is 13.9. The van der Waals surface area contributed by atoms with Crippen molar-refractivity contribution in [3.63, 3.8) is 0 Å². The van der Waals surface area contributed by atoms with Gasteiger partial charge in [-0.15, -0.1) is 0 Å². The number of nitrogens with zero attached hydrogens (tertiary/aromatic N) is 1. The summed E-state index contributed by atoms with van der Waals surface area (Å²) in [7, 11) is 0. The minimum absolute atomic E-state index is 0.104. The van der Waals surface area contributed by atoms with Crippen molar-refractivity contribution in [3.05, 3.63) is 48.0 Å². The standard InChI is InChI=1S/C17H20N2O/c1-17(12-18)10-5-11-19(17)16(20)15-9-4-7-13-6-2-3-8-14(13)15/h2-4,6-9H,5,10-12,18H2,1H3. The van der Waals surface area contributed by atoms with Crippen molar-refractivity contribution in [1.29, 1.82) is 0 Å². The molecule has 1 aliphatic heterocycles. The Labute approximate surface area is 119 Å². The first-order chi connectivity index (χ1) is 9.65. The predicted octanol–water partition coefficient (Wildman–Crippen LogP) is 2.79. The second-order valence-corrected chi connectivity index (χ2v) is 5.79. The Hall–Kier alpha value is -1.87. The van der Waals surface area contributed by atoms with Crippen LogP contribution < -0.4 is 5.73 Å². The minimum Gasteiger partial charge on any atom is -0.332 e. The highest BCUT2D eigenvalue weighted by Gasteiger charge is 2.38. The Morgan fingerprint density at radius 3 is 2.80 bits per heavy atom. The largest absolute Gasteiger partial charge is 0.332 e. The van der Waals surface area contributed by atoms with Crippen molar-refractivity contribution in [2.75, 3.05) is 13.1 Å². The van der Waals surface area contributed by atoms with Gasteiger partial charge < -0.3 is 10.6 Å². The van der Waals surface area contributed by atoms with E-state index in [2.05, 4.69) is 6.92 Å². The van der Waals surface area contributed by atoms with Gasteiger partial charge in [-0.2, -0.15) is 0 Å². The van der Waals surface area contributed by atoms with Crippen LogP contribution in [0.15, 0.2) is 42.5 Å². The van der Waals surface area contributed by atoms with E-state index < -0.39 is 0 Å². The van der Waals surface area contributed by atoms with E-state index in [4.69, 9.17) is 5.73 Å². The Balaban J connectivity index is 2.05. The van der Waals surface area contributed by atoms with Crippen LogP contribution in [0.25, 0.3) is 10.8 Å². The van der Waals surface area contributed by atoms with Crippen LogP contribution in [0, 0.1) is 0 Å². The summed E-state index contributed by atoms with van der Waals surface area (Å²) in [4.78, 5) is 14.9. The van der Waals surface area contributed by atoms with Crippen molar-refractivity contribution in [3.8, 4) is 0 Å². The molecule has 1 saturated heterocycles. The van der Waals surface area contributed by atoms with Gasteiger partial charge in [-0.25, -0.2) is 0 Å². The van der Waals surface area contributed by atoms with E-state index in [-0.39, 0.29) is 11.4 Å². The van der Waals surface area contributed by atoms with Crippen molar-refractivity contribution < 1.29 is 4.79 Å². The zero-order valence-corrected chi connectivity index (χ0v) is 11.8. The van der Waals surface area contributed by atoms with Gasteiger partial charge in [-0.05, 0) is 36.6 Å². The van der Waals surface area contributed by atoms with Crippen LogP contribution in [0.5, 0.6) is 0 Å². The number of likely N-dealkylation sites (tertiary alicyclic amines) is 1. The molecule has 1 aliphatic rings. The zero-order valence-electron chi connectivity index (χ0n) is 11.8. The smallest absolute Gasteiger partial charge is 0.254 e. The van der Waals surface area contributed by atoms with Crippen molar-refractivity contribution in [1.82, 2.24) is 4.90 Å². The fraction of sp³-hybridized carbons (Fsp3) is 0.353. The second kappa shape index (κ2) is 4.91. The van der Waals surface area contributed by atoms with E-state index in [1.54, 1.807) is 0 Å². The molecule has 0 aromatic heterocycles. The molecule has 2 aromatic rings. The molecule has 0 bridgehead atoms. The molecule has 20 heavy (non-hydrogen) atoms. The fourth-order valence-electron chi connectivity index (χ4n) is 3.14. The van der Waals surface area contributed by atoms with E-state index in [9.17, 15) is 4.79 Å². The molecular weight excluding hydrogens is 248 g/mol. The number of nitrogens with two attached hydrogens (primary N) is 1. The Morgan fingerprint density at radius 1 is 1.25 bits per heavy atom.